The molecule has 2 aromatic rings. The number of ketones is 1. The molecule has 0 atom stereocenters. The molecule has 100 valence electrons. The Kier molecular flexibility index (Phi) is 3.62. The fourth-order valence-corrected chi connectivity index (χ4v) is 2.36. The molecular weight excluding hydrogens is 242 g/mol. The first-order valence-corrected chi connectivity index (χ1v) is 6.63. The van der Waals surface area contributed by atoms with Gasteiger partial charge in [0.05, 0.1) is 19.5 Å². The first-order valence-electron chi connectivity index (χ1n) is 6.63. The van der Waals surface area contributed by atoms with Crippen molar-refractivity contribution in [2.24, 2.45) is 0 Å². The Hall–Kier alpha value is -1.65. The predicted octanol–water partition coefficient (Wildman–Crippen LogP) is 2.34. The van der Waals surface area contributed by atoms with Gasteiger partial charge in [-0.1, -0.05) is 12.1 Å². The Morgan fingerprint density at radius 3 is 2.89 bits per heavy atom. The number of Topliss-reactive ketones (excluding diaryl/α,β-unsaturated/α-hetero) is 1. The number of benzene rings is 1. The van der Waals surface area contributed by atoms with Crippen molar-refractivity contribution in [3.63, 3.8) is 0 Å². The highest BCUT2D eigenvalue weighted by molar-refractivity contribution is 5.99. The van der Waals surface area contributed by atoms with Crippen molar-refractivity contribution in [2.75, 3.05) is 32.8 Å². The molecule has 0 N–H and O–H groups in total. The number of hydrogen-bond donors (Lipinski definition) is 0. The molecule has 0 amide bonds. The summed E-state index contributed by atoms with van der Waals surface area (Å²) >= 11 is 0. The SMILES string of the molecule is O=C(CCN1CCOCC1)c1ccc2ccoc2c1. The van der Waals surface area contributed by atoms with Gasteiger partial charge in [-0.15, -0.1) is 0 Å². The van der Waals surface area contributed by atoms with E-state index in [0.717, 1.165) is 49.4 Å². The Bertz CT molecular complexity index is 570. The highest BCUT2D eigenvalue weighted by Crippen LogP contribution is 2.18. The third-order valence-corrected chi connectivity index (χ3v) is 3.54. The lowest BCUT2D eigenvalue weighted by atomic mass is 10.1. The van der Waals surface area contributed by atoms with E-state index in [1.54, 1.807) is 6.26 Å². The molecule has 1 aromatic carbocycles. The van der Waals surface area contributed by atoms with Gasteiger partial charge in [-0.25, -0.2) is 0 Å². The Morgan fingerprint density at radius 2 is 2.05 bits per heavy atom. The predicted molar refractivity (Wildman–Crippen MR) is 72.4 cm³/mol. The molecule has 1 aromatic heterocycles. The fraction of sp³-hybridized carbons (Fsp3) is 0.400. The van der Waals surface area contributed by atoms with Gasteiger partial charge in [0, 0.05) is 37.0 Å². The maximum Gasteiger partial charge on any atom is 0.164 e. The summed E-state index contributed by atoms with van der Waals surface area (Å²) in [6, 6.07) is 7.54. The van der Waals surface area contributed by atoms with Gasteiger partial charge >= 0.3 is 0 Å². The Balaban J connectivity index is 1.62. The third-order valence-electron chi connectivity index (χ3n) is 3.54. The van der Waals surface area contributed by atoms with E-state index in [0.29, 0.717) is 6.42 Å². The van der Waals surface area contributed by atoms with Gasteiger partial charge in [0.15, 0.2) is 5.78 Å². The number of morpholine rings is 1. The minimum absolute atomic E-state index is 0.171. The van der Waals surface area contributed by atoms with Crippen LogP contribution in [0.1, 0.15) is 16.8 Å². The molecule has 1 aliphatic rings. The van der Waals surface area contributed by atoms with E-state index in [1.807, 2.05) is 24.3 Å². The summed E-state index contributed by atoms with van der Waals surface area (Å²) < 4.78 is 10.6. The van der Waals surface area contributed by atoms with Crippen LogP contribution in [0.5, 0.6) is 0 Å². The van der Waals surface area contributed by atoms with Crippen molar-refractivity contribution in [2.45, 2.75) is 6.42 Å². The Labute approximate surface area is 111 Å². The second-order valence-corrected chi connectivity index (χ2v) is 4.80. The molecule has 0 aliphatic carbocycles. The number of ether oxygens (including phenoxy) is 1. The summed E-state index contributed by atoms with van der Waals surface area (Å²) in [5.74, 6) is 0.171. The van der Waals surface area contributed by atoms with Crippen LogP contribution in [-0.2, 0) is 4.74 Å². The molecule has 0 bridgehead atoms. The van der Waals surface area contributed by atoms with E-state index >= 15 is 0 Å². The van der Waals surface area contributed by atoms with Crippen LogP contribution in [-0.4, -0.2) is 43.5 Å². The van der Waals surface area contributed by atoms with Crippen LogP contribution < -0.4 is 0 Å². The summed E-state index contributed by atoms with van der Waals surface area (Å²) in [5, 5.41) is 1.03. The monoisotopic (exact) mass is 259 g/mol. The zero-order valence-corrected chi connectivity index (χ0v) is 10.8. The number of furan rings is 1. The second-order valence-electron chi connectivity index (χ2n) is 4.80. The maximum absolute atomic E-state index is 12.2. The van der Waals surface area contributed by atoms with Gasteiger partial charge in [-0.3, -0.25) is 9.69 Å². The lowest BCUT2D eigenvalue weighted by molar-refractivity contribution is 0.0370. The fourth-order valence-electron chi connectivity index (χ4n) is 2.36. The van der Waals surface area contributed by atoms with E-state index in [4.69, 9.17) is 9.15 Å². The summed E-state index contributed by atoms with van der Waals surface area (Å²) in [5.41, 5.74) is 1.51. The maximum atomic E-state index is 12.2. The lowest BCUT2D eigenvalue weighted by Gasteiger charge is -2.26. The van der Waals surface area contributed by atoms with Crippen LogP contribution in [0.3, 0.4) is 0 Å². The molecule has 0 radical (unpaired) electrons. The molecule has 0 saturated carbocycles. The summed E-state index contributed by atoms with van der Waals surface area (Å²) in [6.45, 7) is 4.19. The number of carbonyl (C=O) groups excluding carboxylic acids is 1. The molecular formula is C15H17NO3. The highest BCUT2D eigenvalue weighted by atomic mass is 16.5. The molecule has 1 fully saturated rings. The van der Waals surface area contributed by atoms with Crippen LogP contribution in [0.4, 0.5) is 0 Å². The summed E-state index contributed by atoms with van der Waals surface area (Å²) in [4.78, 5) is 14.4. The third kappa shape index (κ3) is 2.85. The van der Waals surface area contributed by atoms with E-state index in [2.05, 4.69) is 4.90 Å². The minimum atomic E-state index is 0.171. The van der Waals surface area contributed by atoms with Crippen LogP contribution in [0, 0.1) is 0 Å². The number of rotatable bonds is 4. The average molecular weight is 259 g/mol. The van der Waals surface area contributed by atoms with Gasteiger partial charge in [0.25, 0.3) is 0 Å². The first kappa shape index (κ1) is 12.4. The highest BCUT2D eigenvalue weighted by Gasteiger charge is 2.13. The summed E-state index contributed by atoms with van der Waals surface area (Å²) in [6.07, 6.45) is 2.19. The van der Waals surface area contributed by atoms with Crippen molar-refractivity contribution in [3.8, 4) is 0 Å². The number of fused-ring (bicyclic) bond motifs is 1. The smallest absolute Gasteiger partial charge is 0.164 e. The molecule has 19 heavy (non-hydrogen) atoms. The largest absolute Gasteiger partial charge is 0.464 e. The zero-order valence-electron chi connectivity index (χ0n) is 10.8. The van der Waals surface area contributed by atoms with Gasteiger partial charge in [-0.05, 0) is 12.1 Å². The molecule has 4 nitrogen and oxygen atoms in total. The van der Waals surface area contributed by atoms with Crippen molar-refractivity contribution in [1.29, 1.82) is 0 Å². The van der Waals surface area contributed by atoms with Gasteiger partial charge < -0.3 is 9.15 Å². The van der Waals surface area contributed by atoms with Crippen LogP contribution in [0.15, 0.2) is 34.9 Å². The molecule has 3 rings (SSSR count). The quantitative estimate of drug-likeness (QED) is 0.790. The standard InChI is InChI=1S/C15H17NO3/c17-14(3-5-16-6-9-18-10-7-16)13-2-1-12-4-8-19-15(12)11-13/h1-2,4,8,11H,3,5-7,9-10H2. The van der Waals surface area contributed by atoms with Crippen LogP contribution in [0.2, 0.25) is 0 Å². The minimum Gasteiger partial charge on any atom is -0.464 e. The first-order chi connectivity index (χ1) is 9.33. The molecule has 2 heterocycles. The molecule has 1 aliphatic heterocycles. The molecule has 1 saturated heterocycles. The average Bonchev–Trinajstić information content (AvgIpc) is 2.93. The van der Waals surface area contributed by atoms with E-state index in [9.17, 15) is 4.79 Å². The van der Waals surface area contributed by atoms with Gasteiger partial charge in [0.1, 0.15) is 5.58 Å². The number of nitrogens with zero attached hydrogens (tertiary/aromatic N) is 1. The van der Waals surface area contributed by atoms with Crippen molar-refractivity contribution >= 4 is 16.8 Å². The Morgan fingerprint density at radius 1 is 1.21 bits per heavy atom. The summed E-state index contributed by atoms with van der Waals surface area (Å²) in [7, 11) is 0. The van der Waals surface area contributed by atoms with Gasteiger partial charge in [0.2, 0.25) is 0 Å². The second kappa shape index (κ2) is 5.55. The van der Waals surface area contributed by atoms with Gasteiger partial charge in [-0.2, -0.15) is 0 Å². The molecule has 4 heteroatoms. The topological polar surface area (TPSA) is 42.7 Å². The van der Waals surface area contributed by atoms with E-state index in [1.165, 1.54) is 0 Å². The van der Waals surface area contributed by atoms with Crippen LogP contribution in [0.25, 0.3) is 11.0 Å². The van der Waals surface area contributed by atoms with E-state index < -0.39 is 0 Å². The molecule has 0 unspecified atom stereocenters. The van der Waals surface area contributed by atoms with E-state index in [-0.39, 0.29) is 5.78 Å². The zero-order chi connectivity index (χ0) is 13.1. The molecule has 0 spiro atoms. The van der Waals surface area contributed by atoms with Crippen molar-refractivity contribution < 1.29 is 13.9 Å². The normalized spacial score (nSPS) is 16.8. The number of hydrogen-bond acceptors (Lipinski definition) is 4. The van der Waals surface area contributed by atoms with Crippen molar-refractivity contribution in [1.82, 2.24) is 4.90 Å². The lowest BCUT2D eigenvalue weighted by Crippen LogP contribution is -2.37. The van der Waals surface area contributed by atoms with Crippen LogP contribution >= 0.6 is 0 Å². The van der Waals surface area contributed by atoms with Crippen molar-refractivity contribution in [3.05, 3.63) is 36.1 Å². The number of carbonyl (C=O) groups is 1.